The van der Waals surface area contributed by atoms with Crippen LogP contribution in [0.15, 0.2) is 5.16 Å². The van der Waals surface area contributed by atoms with Crippen molar-refractivity contribution in [2.75, 3.05) is 42.4 Å². The lowest BCUT2D eigenvalue weighted by molar-refractivity contribution is -0.385. The maximum Gasteiger partial charge on any atom is 0.373 e. The molecular weight excluding hydrogens is 352 g/mol. The van der Waals surface area contributed by atoms with Gasteiger partial charge >= 0.3 is 11.6 Å². The summed E-state index contributed by atoms with van der Waals surface area (Å²) in [6.45, 7) is 7.19. The van der Waals surface area contributed by atoms with Gasteiger partial charge in [0.25, 0.3) is 0 Å². The zero-order valence-corrected chi connectivity index (χ0v) is 15.9. The highest BCUT2D eigenvalue weighted by molar-refractivity contribution is 7.98. The fourth-order valence-electron chi connectivity index (χ4n) is 2.11. The summed E-state index contributed by atoms with van der Waals surface area (Å²) in [5, 5.41) is 12.0. The molecule has 134 valence electrons. The standard InChI is InChI=1S/C14H22N4O4S2/c1-14(2,3)9-22-12-10(18(19)20)11(15-13(16-12)23-4)17-5-7-24(21)8-6-17/h5-9H2,1-4H3. The Labute approximate surface area is 148 Å². The van der Waals surface area contributed by atoms with E-state index in [1.807, 2.05) is 27.0 Å². The molecule has 2 heterocycles. The summed E-state index contributed by atoms with van der Waals surface area (Å²) in [6.07, 6.45) is 1.81. The van der Waals surface area contributed by atoms with Crippen LogP contribution in [-0.4, -0.2) is 56.9 Å². The summed E-state index contributed by atoms with van der Waals surface area (Å²) in [5.41, 5.74) is -0.370. The van der Waals surface area contributed by atoms with E-state index in [1.54, 1.807) is 4.90 Å². The zero-order valence-electron chi connectivity index (χ0n) is 14.3. The second-order valence-corrected chi connectivity index (χ2v) is 9.10. The van der Waals surface area contributed by atoms with Crippen LogP contribution in [0.1, 0.15) is 20.8 Å². The highest BCUT2D eigenvalue weighted by Crippen LogP contribution is 2.37. The largest absolute Gasteiger partial charge is 0.616 e. The van der Waals surface area contributed by atoms with Gasteiger partial charge in [-0.05, 0) is 11.7 Å². The number of rotatable bonds is 5. The van der Waals surface area contributed by atoms with Crippen molar-refractivity contribution in [3.8, 4) is 5.88 Å². The van der Waals surface area contributed by atoms with E-state index in [-0.39, 0.29) is 22.8 Å². The van der Waals surface area contributed by atoms with E-state index in [1.165, 1.54) is 11.8 Å². The van der Waals surface area contributed by atoms with Crippen molar-refractivity contribution in [3.63, 3.8) is 0 Å². The minimum atomic E-state index is -0.871. The number of aromatic nitrogens is 2. The second-order valence-electron chi connectivity index (χ2n) is 6.63. The Balaban J connectivity index is 2.42. The third-order valence-electron chi connectivity index (χ3n) is 3.30. The molecule has 10 heteroatoms. The molecule has 1 fully saturated rings. The molecule has 0 amide bonds. The zero-order chi connectivity index (χ0) is 17.9. The average molecular weight is 374 g/mol. The van der Waals surface area contributed by atoms with Crippen LogP contribution in [0.2, 0.25) is 0 Å². The average Bonchev–Trinajstić information content (AvgIpc) is 2.51. The molecule has 8 nitrogen and oxygen atoms in total. The molecule has 1 saturated heterocycles. The number of nitro groups is 1. The molecule has 2 rings (SSSR count). The topological polar surface area (TPSA) is 104 Å². The molecule has 0 aromatic carbocycles. The van der Waals surface area contributed by atoms with Crippen LogP contribution in [0.25, 0.3) is 0 Å². The van der Waals surface area contributed by atoms with Crippen LogP contribution in [0.5, 0.6) is 5.88 Å². The molecule has 0 bridgehead atoms. The monoisotopic (exact) mass is 374 g/mol. The Kier molecular flexibility index (Phi) is 6.16. The van der Waals surface area contributed by atoms with Crippen LogP contribution in [0, 0.1) is 15.5 Å². The molecular formula is C14H22N4O4S2. The lowest BCUT2D eigenvalue weighted by Gasteiger charge is -2.29. The lowest BCUT2D eigenvalue weighted by Crippen LogP contribution is -2.41. The van der Waals surface area contributed by atoms with Crippen LogP contribution >= 0.6 is 11.8 Å². The van der Waals surface area contributed by atoms with Gasteiger partial charge in [0.15, 0.2) is 5.16 Å². The molecule has 0 N–H and O–H groups in total. The molecule has 24 heavy (non-hydrogen) atoms. The summed E-state index contributed by atoms with van der Waals surface area (Å²) in [4.78, 5) is 21.4. The van der Waals surface area contributed by atoms with Crippen LogP contribution < -0.4 is 9.64 Å². The van der Waals surface area contributed by atoms with E-state index < -0.39 is 16.1 Å². The third-order valence-corrected chi connectivity index (χ3v) is 5.12. The summed E-state index contributed by atoms with van der Waals surface area (Å²) in [5.74, 6) is 1.21. The first-order chi connectivity index (χ1) is 11.2. The summed E-state index contributed by atoms with van der Waals surface area (Å²) >= 11 is 0.433. The first kappa shape index (κ1) is 19.1. The van der Waals surface area contributed by atoms with Crippen LogP contribution in [0.3, 0.4) is 0 Å². The van der Waals surface area contributed by atoms with E-state index in [0.29, 0.717) is 36.4 Å². The molecule has 1 aromatic heterocycles. The molecule has 0 saturated carbocycles. The number of ether oxygens (including phenoxy) is 1. The van der Waals surface area contributed by atoms with Gasteiger partial charge in [0.1, 0.15) is 11.5 Å². The smallest absolute Gasteiger partial charge is 0.373 e. The highest BCUT2D eigenvalue weighted by atomic mass is 32.2. The lowest BCUT2D eigenvalue weighted by atomic mass is 9.99. The van der Waals surface area contributed by atoms with Crippen molar-refractivity contribution in [1.29, 1.82) is 0 Å². The molecule has 0 atom stereocenters. The van der Waals surface area contributed by atoms with Gasteiger partial charge < -0.3 is 14.2 Å². The first-order valence-corrected chi connectivity index (χ1v) is 10.3. The molecule has 0 radical (unpaired) electrons. The first-order valence-electron chi connectivity index (χ1n) is 7.54. The normalized spacial score (nSPS) is 16.3. The molecule has 0 spiro atoms. The minimum Gasteiger partial charge on any atom is -0.616 e. The van der Waals surface area contributed by atoms with Gasteiger partial charge in [-0.3, -0.25) is 10.1 Å². The van der Waals surface area contributed by atoms with E-state index >= 15 is 0 Å². The predicted octanol–water partition coefficient (Wildman–Crippen LogP) is 2.10. The highest BCUT2D eigenvalue weighted by Gasteiger charge is 2.33. The van der Waals surface area contributed by atoms with Crippen LogP contribution in [-0.2, 0) is 11.2 Å². The number of nitrogens with zero attached hydrogens (tertiary/aromatic N) is 4. The Morgan fingerprint density at radius 2 is 1.96 bits per heavy atom. The maximum atomic E-state index is 11.6. The van der Waals surface area contributed by atoms with E-state index in [0.717, 1.165) is 0 Å². The van der Waals surface area contributed by atoms with Gasteiger partial charge in [-0.25, -0.2) is 0 Å². The summed E-state index contributed by atoms with van der Waals surface area (Å²) in [7, 11) is 0. The van der Waals surface area contributed by atoms with Crippen molar-refractivity contribution in [2.45, 2.75) is 25.9 Å². The molecule has 1 aromatic rings. The van der Waals surface area contributed by atoms with Crippen LogP contribution in [0.4, 0.5) is 11.5 Å². The summed E-state index contributed by atoms with van der Waals surface area (Å²) in [6, 6.07) is 0. The Morgan fingerprint density at radius 3 is 2.46 bits per heavy atom. The Hall–Kier alpha value is -1.26. The van der Waals surface area contributed by atoms with Crippen molar-refractivity contribution in [1.82, 2.24) is 9.97 Å². The van der Waals surface area contributed by atoms with Crippen molar-refractivity contribution < 1.29 is 14.2 Å². The third kappa shape index (κ3) is 4.87. The Bertz CT molecular complexity index is 601. The van der Waals surface area contributed by atoms with E-state index in [2.05, 4.69) is 9.97 Å². The van der Waals surface area contributed by atoms with Gasteiger partial charge in [0.05, 0.1) is 24.6 Å². The Morgan fingerprint density at radius 1 is 1.33 bits per heavy atom. The van der Waals surface area contributed by atoms with Gasteiger partial charge in [-0.1, -0.05) is 43.7 Å². The molecule has 1 aliphatic heterocycles. The van der Waals surface area contributed by atoms with Gasteiger partial charge in [-0.2, -0.15) is 9.97 Å². The molecule has 0 aliphatic carbocycles. The SMILES string of the molecule is CSc1nc(OCC(C)(C)C)c([N+](=O)[O-])c(N2CC[S+]([O-])CC2)n1. The van der Waals surface area contributed by atoms with Gasteiger partial charge in [0.2, 0.25) is 5.82 Å². The second kappa shape index (κ2) is 7.75. The number of anilines is 1. The quantitative estimate of drug-likeness (QED) is 0.254. The fourth-order valence-corrected chi connectivity index (χ4v) is 3.51. The van der Waals surface area contributed by atoms with E-state index in [4.69, 9.17) is 4.74 Å². The number of thioether (sulfide) groups is 1. The number of hydrogen-bond donors (Lipinski definition) is 0. The molecule has 0 unspecified atom stereocenters. The van der Waals surface area contributed by atoms with Crippen molar-refractivity contribution in [3.05, 3.63) is 10.1 Å². The number of hydrogen-bond acceptors (Lipinski definition) is 8. The summed E-state index contributed by atoms with van der Waals surface area (Å²) < 4.78 is 17.2. The van der Waals surface area contributed by atoms with Crippen molar-refractivity contribution >= 4 is 34.4 Å². The van der Waals surface area contributed by atoms with Gasteiger partial charge in [-0.15, -0.1) is 0 Å². The molecule has 1 aliphatic rings. The predicted molar refractivity (Wildman–Crippen MR) is 95.5 cm³/mol. The van der Waals surface area contributed by atoms with Gasteiger partial charge in [0, 0.05) is 0 Å². The maximum absolute atomic E-state index is 11.6. The fraction of sp³-hybridized carbons (Fsp3) is 0.714. The van der Waals surface area contributed by atoms with E-state index in [9.17, 15) is 14.7 Å². The minimum absolute atomic E-state index is 0.00373. The van der Waals surface area contributed by atoms with Crippen molar-refractivity contribution in [2.24, 2.45) is 5.41 Å².